The average molecular weight is 365 g/mol. The Hall–Kier alpha value is -3.15. The first kappa shape index (κ1) is 17.3. The van der Waals surface area contributed by atoms with Gasteiger partial charge in [-0.25, -0.2) is 4.39 Å². The fourth-order valence-electron chi connectivity index (χ4n) is 3.18. The van der Waals surface area contributed by atoms with Crippen LogP contribution in [0.3, 0.4) is 0 Å². The molecule has 6 heteroatoms. The van der Waals surface area contributed by atoms with E-state index in [1.807, 2.05) is 41.1 Å². The number of rotatable bonds is 4. The van der Waals surface area contributed by atoms with Gasteiger partial charge >= 0.3 is 0 Å². The second-order valence-corrected chi connectivity index (χ2v) is 6.68. The van der Waals surface area contributed by atoms with Gasteiger partial charge < -0.3 is 9.64 Å². The highest BCUT2D eigenvalue weighted by Crippen LogP contribution is 2.21. The van der Waals surface area contributed by atoms with Crippen LogP contribution >= 0.6 is 0 Å². The maximum atomic E-state index is 14.1. The lowest BCUT2D eigenvalue weighted by Crippen LogP contribution is -2.38. The third-order valence-corrected chi connectivity index (χ3v) is 4.65. The highest BCUT2D eigenvalue weighted by Gasteiger charge is 2.25. The summed E-state index contributed by atoms with van der Waals surface area (Å²) in [6, 6.07) is 16.4. The Balaban J connectivity index is 1.45. The van der Waals surface area contributed by atoms with E-state index in [4.69, 9.17) is 4.74 Å². The van der Waals surface area contributed by atoms with Crippen molar-refractivity contribution < 1.29 is 13.9 Å². The summed E-state index contributed by atoms with van der Waals surface area (Å²) in [5, 5.41) is 4.44. The number of aromatic nitrogens is 2. The number of aryl methyl sites for hydroxylation is 1. The lowest BCUT2D eigenvalue weighted by molar-refractivity contribution is 0.0701. The summed E-state index contributed by atoms with van der Waals surface area (Å²) in [5.74, 6) is -0.248. The molecule has 0 atom stereocenters. The Bertz CT molecular complexity index is 969. The summed E-state index contributed by atoms with van der Waals surface area (Å²) < 4.78 is 21.7. The summed E-state index contributed by atoms with van der Waals surface area (Å²) >= 11 is 0. The van der Waals surface area contributed by atoms with E-state index < -0.39 is 5.82 Å². The van der Waals surface area contributed by atoms with Crippen LogP contribution in [0, 0.1) is 12.7 Å². The van der Waals surface area contributed by atoms with Crippen LogP contribution in [0.25, 0.3) is 0 Å². The maximum Gasteiger partial charge on any atom is 0.257 e. The number of carbonyl (C=O) groups is 1. The number of fused-ring (bicyclic) bond motifs is 1. The molecule has 1 aromatic heterocycles. The maximum absolute atomic E-state index is 14.1. The van der Waals surface area contributed by atoms with Crippen LogP contribution < -0.4 is 4.74 Å². The summed E-state index contributed by atoms with van der Waals surface area (Å²) in [6.45, 7) is 3.67. The van der Waals surface area contributed by atoms with Gasteiger partial charge in [0.25, 0.3) is 5.91 Å². The van der Waals surface area contributed by atoms with Gasteiger partial charge in [0.1, 0.15) is 12.4 Å². The number of amides is 1. The van der Waals surface area contributed by atoms with Crippen molar-refractivity contribution in [3.63, 3.8) is 0 Å². The number of hydrogen-bond donors (Lipinski definition) is 0. The molecule has 0 radical (unpaired) electrons. The van der Waals surface area contributed by atoms with Crippen molar-refractivity contribution in [2.75, 3.05) is 6.54 Å². The minimum absolute atomic E-state index is 0.106. The van der Waals surface area contributed by atoms with E-state index in [0.29, 0.717) is 32.1 Å². The van der Waals surface area contributed by atoms with Crippen molar-refractivity contribution in [1.29, 1.82) is 0 Å². The highest BCUT2D eigenvalue weighted by molar-refractivity contribution is 5.94. The number of nitrogens with zero attached hydrogens (tertiary/aromatic N) is 3. The van der Waals surface area contributed by atoms with Gasteiger partial charge in [-0.05, 0) is 30.2 Å². The van der Waals surface area contributed by atoms with Gasteiger partial charge in [-0.1, -0.05) is 36.4 Å². The highest BCUT2D eigenvalue weighted by atomic mass is 19.1. The number of benzene rings is 2. The Morgan fingerprint density at radius 3 is 2.74 bits per heavy atom. The van der Waals surface area contributed by atoms with Crippen LogP contribution in [-0.2, 0) is 19.7 Å². The van der Waals surface area contributed by atoms with Gasteiger partial charge in [0.05, 0.1) is 24.3 Å². The van der Waals surface area contributed by atoms with E-state index in [1.165, 1.54) is 6.07 Å². The summed E-state index contributed by atoms with van der Waals surface area (Å²) in [7, 11) is 0. The fraction of sp³-hybridized carbons (Fsp3) is 0.238. The van der Waals surface area contributed by atoms with E-state index in [2.05, 4.69) is 5.10 Å². The van der Waals surface area contributed by atoms with Crippen LogP contribution in [0.4, 0.5) is 4.39 Å². The molecule has 0 saturated heterocycles. The normalized spacial score (nSPS) is 13.3. The van der Waals surface area contributed by atoms with Crippen LogP contribution in [-0.4, -0.2) is 27.1 Å². The van der Waals surface area contributed by atoms with Gasteiger partial charge in [-0.15, -0.1) is 5.10 Å². The smallest absolute Gasteiger partial charge is 0.257 e. The quantitative estimate of drug-likeness (QED) is 0.710. The Morgan fingerprint density at radius 1 is 1.15 bits per heavy atom. The Kier molecular flexibility index (Phi) is 4.62. The molecular formula is C21H20FN3O2. The van der Waals surface area contributed by atoms with Crippen molar-refractivity contribution in [2.45, 2.75) is 26.6 Å². The van der Waals surface area contributed by atoms with Gasteiger partial charge in [-0.3, -0.25) is 9.48 Å². The molecule has 2 heterocycles. The third kappa shape index (κ3) is 3.69. The van der Waals surface area contributed by atoms with Gasteiger partial charge in [0, 0.05) is 12.6 Å². The monoisotopic (exact) mass is 365 g/mol. The number of halogens is 1. The molecule has 2 aromatic carbocycles. The third-order valence-electron chi connectivity index (χ3n) is 4.65. The molecule has 27 heavy (non-hydrogen) atoms. The summed E-state index contributed by atoms with van der Waals surface area (Å²) in [5.41, 5.74) is 2.84. The number of carbonyl (C=O) groups excluding carboxylic acids is 1. The van der Waals surface area contributed by atoms with Crippen molar-refractivity contribution in [2.24, 2.45) is 0 Å². The largest absolute Gasteiger partial charge is 0.472 e. The zero-order chi connectivity index (χ0) is 18.8. The average Bonchev–Trinajstić information content (AvgIpc) is 3.09. The van der Waals surface area contributed by atoms with Gasteiger partial charge in [0.2, 0.25) is 5.88 Å². The minimum atomic E-state index is -0.481. The molecule has 0 unspecified atom stereocenters. The van der Waals surface area contributed by atoms with Crippen molar-refractivity contribution in [1.82, 2.24) is 14.7 Å². The fourth-order valence-corrected chi connectivity index (χ4v) is 3.18. The number of hydrogen-bond acceptors (Lipinski definition) is 3. The van der Waals surface area contributed by atoms with Crippen LogP contribution in [0.15, 0.2) is 54.6 Å². The molecule has 0 N–H and O–H groups in total. The standard InChI is InChI=1S/C21H20FN3O2/c1-15-7-8-18(19(22)11-15)21(26)24-9-10-25-17(13-24)12-20(23-25)27-14-16-5-3-2-4-6-16/h2-8,11-12H,9-10,13-14H2,1H3. The first-order valence-electron chi connectivity index (χ1n) is 8.89. The SMILES string of the molecule is Cc1ccc(C(=O)N2CCn3nc(OCc4ccccc4)cc3C2)c(F)c1. The second kappa shape index (κ2) is 7.23. The van der Waals surface area contributed by atoms with E-state index >= 15 is 0 Å². The van der Waals surface area contributed by atoms with E-state index in [0.717, 1.165) is 16.8 Å². The molecular weight excluding hydrogens is 345 g/mol. The molecule has 3 aromatic rings. The predicted octanol–water partition coefficient (Wildman–Crippen LogP) is 3.57. The first-order valence-corrected chi connectivity index (χ1v) is 8.89. The van der Waals surface area contributed by atoms with Crippen molar-refractivity contribution in [3.8, 4) is 5.88 Å². The summed E-state index contributed by atoms with van der Waals surface area (Å²) in [4.78, 5) is 14.3. The molecule has 138 valence electrons. The van der Waals surface area contributed by atoms with E-state index in [-0.39, 0.29) is 11.5 Å². The Labute approximate surface area is 157 Å². The van der Waals surface area contributed by atoms with Crippen LogP contribution in [0.2, 0.25) is 0 Å². The first-order chi connectivity index (χ1) is 13.1. The molecule has 1 amide bonds. The summed E-state index contributed by atoms with van der Waals surface area (Å²) in [6.07, 6.45) is 0. The molecule has 1 aliphatic rings. The molecule has 0 saturated carbocycles. The zero-order valence-corrected chi connectivity index (χ0v) is 15.1. The van der Waals surface area contributed by atoms with Crippen molar-refractivity contribution in [3.05, 3.63) is 82.8 Å². The molecule has 1 aliphatic heterocycles. The molecule has 4 rings (SSSR count). The Morgan fingerprint density at radius 2 is 1.96 bits per heavy atom. The van der Waals surface area contributed by atoms with Gasteiger partial charge in [0.15, 0.2) is 0 Å². The van der Waals surface area contributed by atoms with E-state index in [1.54, 1.807) is 24.0 Å². The molecule has 0 spiro atoms. The van der Waals surface area contributed by atoms with Gasteiger partial charge in [-0.2, -0.15) is 0 Å². The molecule has 0 fully saturated rings. The van der Waals surface area contributed by atoms with Crippen molar-refractivity contribution >= 4 is 5.91 Å². The number of ether oxygens (including phenoxy) is 1. The van der Waals surface area contributed by atoms with Crippen LogP contribution in [0.5, 0.6) is 5.88 Å². The molecule has 0 aliphatic carbocycles. The second-order valence-electron chi connectivity index (χ2n) is 6.68. The minimum Gasteiger partial charge on any atom is -0.472 e. The lowest BCUT2D eigenvalue weighted by atomic mass is 10.1. The van der Waals surface area contributed by atoms with E-state index in [9.17, 15) is 9.18 Å². The molecule has 0 bridgehead atoms. The molecule has 5 nitrogen and oxygen atoms in total. The zero-order valence-electron chi connectivity index (χ0n) is 15.1. The topological polar surface area (TPSA) is 47.4 Å². The predicted molar refractivity (Wildman–Crippen MR) is 98.9 cm³/mol. The lowest BCUT2D eigenvalue weighted by Gasteiger charge is -2.27. The van der Waals surface area contributed by atoms with Crippen LogP contribution in [0.1, 0.15) is 27.2 Å².